The Morgan fingerprint density at radius 1 is 1.23 bits per heavy atom. The van der Waals surface area contributed by atoms with Crippen LogP contribution >= 0.6 is 0 Å². The van der Waals surface area contributed by atoms with Crippen LogP contribution < -0.4 is 10.2 Å². The first-order valence-electron chi connectivity index (χ1n) is 7.56. The van der Waals surface area contributed by atoms with Crippen LogP contribution in [0.3, 0.4) is 0 Å². The van der Waals surface area contributed by atoms with Crippen molar-refractivity contribution in [3.05, 3.63) is 29.6 Å². The Kier molecular flexibility index (Phi) is 5.49. The molecule has 0 bridgehead atoms. The maximum absolute atomic E-state index is 13.9. The van der Waals surface area contributed by atoms with E-state index < -0.39 is 5.82 Å². The van der Waals surface area contributed by atoms with E-state index in [1.54, 1.807) is 12.1 Å². The summed E-state index contributed by atoms with van der Waals surface area (Å²) in [5, 5.41) is 2.78. The number of likely N-dealkylation sites (N-methyl/N-ethyl adjacent to an activating group) is 1. The third-order valence-corrected chi connectivity index (χ3v) is 3.80. The summed E-state index contributed by atoms with van der Waals surface area (Å²) in [4.78, 5) is 27.3. The number of nitrogens with zero attached hydrogens (tertiary/aromatic N) is 2. The van der Waals surface area contributed by atoms with Crippen molar-refractivity contribution < 1.29 is 14.0 Å². The molecule has 6 heteroatoms. The van der Waals surface area contributed by atoms with E-state index in [1.165, 1.54) is 13.0 Å². The number of amides is 1. The van der Waals surface area contributed by atoms with Gasteiger partial charge in [0.2, 0.25) is 5.91 Å². The quantitative estimate of drug-likeness (QED) is 0.833. The Bertz CT molecular complexity index is 554. The number of Topliss-reactive ketones (excluding diaryl/α,β-unsaturated/α-hetero) is 1. The number of hydrogen-bond acceptors (Lipinski definition) is 4. The Balaban J connectivity index is 2.02. The highest BCUT2D eigenvalue weighted by molar-refractivity contribution is 6.00. The Hall–Kier alpha value is -1.95. The van der Waals surface area contributed by atoms with Crippen LogP contribution in [0.1, 0.15) is 24.2 Å². The van der Waals surface area contributed by atoms with Gasteiger partial charge in [0, 0.05) is 32.7 Å². The largest absolute Gasteiger partial charge is 0.368 e. The van der Waals surface area contributed by atoms with Gasteiger partial charge in [-0.3, -0.25) is 14.5 Å². The number of carbonyl (C=O) groups is 2. The number of anilines is 1. The number of ketones is 1. The molecule has 0 radical (unpaired) electrons. The fourth-order valence-corrected chi connectivity index (χ4v) is 2.73. The minimum Gasteiger partial charge on any atom is -0.368 e. The van der Waals surface area contributed by atoms with Crippen LogP contribution in [0.2, 0.25) is 0 Å². The van der Waals surface area contributed by atoms with Crippen molar-refractivity contribution in [1.29, 1.82) is 0 Å². The van der Waals surface area contributed by atoms with Gasteiger partial charge in [-0.2, -0.15) is 0 Å². The van der Waals surface area contributed by atoms with Gasteiger partial charge in [-0.1, -0.05) is 6.07 Å². The van der Waals surface area contributed by atoms with E-state index >= 15 is 0 Å². The van der Waals surface area contributed by atoms with Gasteiger partial charge < -0.3 is 10.2 Å². The lowest BCUT2D eigenvalue weighted by molar-refractivity contribution is -0.122. The SMILES string of the molecule is CCNC(=O)CN1CCN(c2cccc(F)c2C(C)=O)CC1. The van der Waals surface area contributed by atoms with E-state index in [0.717, 1.165) is 0 Å². The van der Waals surface area contributed by atoms with Crippen LogP contribution in [-0.4, -0.2) is 55.9 Å². The molecule has 0 atom stereocenters. The molecule has 5 nitrogen and oxygen atoms in total. The number of halogens is 1. The van der Waals surface area contributed by atoms with Crippen molar-refractivity contribution in [3.8, 4) is 0 Å². The van der Waals surface area contributed by atoms with Crippen molar-refractivity contribution >= 4 is 17.4 Å². The predicted octanol–water partition coefficient (Wildman–Crippen LogP) is 1.29. The molecule has 0 unspecified atom stereocenters. The third kappa shape index (κ3) is 3.82. The summed E-state index contributed by atoms with van der Waals surface area (Å²) in [6.07, 6.45) is 0. The molecule has 120 valence electrons. The second-order valence-corrected chi connectivity index (χ2v) is 5.41. The topological polar surface area (TPSA) is 52.7 Å². The normalized spacial score (nSPS) is 15.7. The summed E-state index contributed by atoms with van der Waals surface area (Å²) in [5.74, 6) is -0.723. The van der Waals surface area contributed by atoms with E-state index in [2.05, 4.69) is 10.2 Å². The van der Waals surface area contributed by atoms with Gasteiger partial charge >= 0.3 is 0 Å². The Morgan fingerprint density at radius 2 is 1.91 bits per heavy atom. The molecule has 22 heavy (non-hydrogen) atoms. The maximum Gasteiger partial charge on any atom is 0.234 e. The summed E-state index contributed by atoms with van der Waals surface area (Å²) in [5.41, 5.74) is 0.796. The maximum atomic E-state index is 13.9. The number of hydrogen-bond donors (Lipinski definition) is 1. The highest BCUT2D eigenvalue weighted by Gasteiger charge is 2.23. The molecule has 1 amide bonds. The molecule has 1 N–H and O–H groups in total. The summed E-state index contributed by atoms with van der Waals surface area (Å²) < 4.78 is 13.9. The van der Waals surface area contributed by atoms with Crippen LogP contribution in [0.25, 0.3) is 0 Å². The number of nitrogens with one attached hydrogen (secondary N) is 1. The first-order chi connectivity index (χ1) is 10.5. The Morgan fingerprint density at radius 3 is 2.50 bits per heavy atom. The molecular formula is C16H22FN3O2. The zero-order valence-corrected chi connectivity index (χ0v) is 13.1. The molecule has 2 rings (SSSR count). The summed E-state index contributed by atoms with van der Waals surface area (Å²) in [7, 11) is 0. The van der Waals surface area contributed by atoms with Crippen LogP contribution in [0, 0.1) is 5.82 Å². The molecule has 0 spiro atoms. The van der Waals surface area contributed by atoms with Crippen molar-refractivity contribution in [2.45, 2.75) is 13.8 Å². The van der Waals surface area contributed by atoms with Crippen molar-refractivity contribution in [1.82, 2.24) is 10.2 Å². The molecule has 1 aliphatic rings. The zero-order chi connectivity index (χ0) is 16.1. The average molecular weight is 307 g/mol. The third-order valence-electron chi connectivity index (χ3n) is 3.80. The molecule has 0 aromatic heterocycles. The summed E-state index contributed by atoms with van der Waals surface area (Å²) in [6.45, 7) is 7.05. The van der Waals surface area contributed by atoms with E-state index in [0.29, 0.717) is 45.0 Å². The lowest BCUT2D eigenvalue weighted by Crippen LogP contribution is -2.49. The number of carbonyl (C=O) groups excluding carboxylic acids is 2. The number of benzene rings is 1. The van der Waals surface area contributed by atoms with Gasteiger partial charge in [-0.15, -0.1) is 0 Å². The first kappa shape index (κ1) is 16.4. The fourth-order valence-electron chi connectivity index (χ4n) is 2.73. The smallest absolute Gasteiger partial charge is 0.234 e. The second-order valence-electron chi connectivity index (χ2n) is 5.41. The van der Waals surface area contributed by atoms with Gasteiger partial charge in [0.15, 0.2) is 5.78 Å². The zero-order valence-electron chi connectivity index (χ0n) is 13.1. The van der Waals surface area contributed by atoms with Gasteiger partial charge in [0.1, 0.15) is 5.82 Å². The molecule has 0 aliphatic carbocycles. The highest BCUT2D eigenvalue weighted by Crippen LogP contribution is 2.24. The van der Waals surface area contributed by atoms with E-state index in [9.17, 15) is 14.0 Å². The average Bonchev–Trinajstić information content (AvgIpc) is 2.47. The number of rotatable bonds is 5. The first-order valence-corrected chi connectivity index (χ1v) is 7.56. The molecule has 1 aromatic rings. The summed E-state index contributed by atoms with van der Waals surface area (Å²) in [6, 6.07) is 4.71. The van der Waals surface area contributed by atoms with E-state index in [4.69, 9.17) is 0 Å². The summed E-state index contributed by atoms with van der Waals surface area (Å²) >= 11 is 0. The van der Waals surface area contributed by atoms with Crippen molar-refractivity contribution in [2.75, 3.05) is 44.2 Å². The van der Waals surface area contributed by atoms with Gasteiger partial charge in [0.25, 0.3) is 0 Å². The van der Waals surface area contributed by atoms with E-state index in [1.807, 2.05) is 11.8 Å². The van der Waals surface area contributed by atoms with Crippen molar-refractivity contribution in [2.24, 2.45) is 0 Å². The fraction of sp³-hybridized carbons (Fsp3) is 0.500. The standard InChI is InChI=1S/C16H22FN3O2/c1-3-18-15(22)11-19-7-9-20(10-8-19)14-6-4-5-13(17)16(14)12(2)21/h4-6H,3,7-11H2,1-2H3,(H,18,22). The molecular weight excluding hydrogens is 285 g/mol. The lowest BCUT2D eigenvalue weighted by Gasteiger charge is -2.36. The lowest BCUT2D eigenvalue weighted by atomic mass is 10.1. The van der Waals surface area contributed by atoms with Crippen LogP contribution in [-0.2, 0) is 4.79 Å². The predicted molar refractivity (Wildman–Crippen MR) is 83.7 cm³/mol. The molecule has 0 saturated carbocycles. The van der Waals surface area contributed by atoms with Crippen LogP contribution in [0.4, 0.5) is 10.1 Å². The van der Waals surface area contributed by atoms with Crippen molar-refractivity contribution in [3.63, 3.8) is 0 Å². The van der Waals surface area contributed by atoms with Crippen LogP contribution in [0.5, 0.6) is 0 Å². The molecule has 1 saturated heterocycles. The molecule has 1 aliphatic heterocycles. The molecule has 1 fully saturated rings. The number of piperazine rings is 1. The van der Waals surface area contributed by atoms with Gasteiger partial charge in [-0.25, -0.2) is 4.39 Å². The Labute approximate surface area is 130 Å². The molecule has 1 aromatic carbocycles. The minimum absolute atomic E-state index is 0.0196. The van der Waals surface area contributed by atoms with Gasteiger partial charge in [0.05, 0.1) is 17.8 Å². The van der Waals surface area contributed by atoms with E-state index in [-0.39, 0.29) is 17.3 Å². The van der Waals surface area contributed by atoms with Gasteiger partial charge in [-0.05, 0) is 26.0 Å². The van der Waals surface area contributed by atoms with Crippen LogP contribution in [0.15, 0.2) is 18.2 Å². The highest BCUT2D eigenvalue weighted by atomic mass is 19.1. The molecule has 1 heterocycles. The second kappa shape index (κ2) is 7.35. The minimum atomic E-state index is -0.477. The monoisotopic (exact) mass is 307 g/mol.